The molecule has 0 atom stereocenters. The minimum absolute atomic E-state index is 0.561. The lowest BCUT2D eigenvalue weighted by molar-refractivity contribution is 0.998. The Bertz CT molecular complexity index is 840. The van der Waals surface area contributed by atoms with Crippen molar-refractivity contribution in [3.05, 3.63) is 77.5 Å². The second-order valence-electron chi connectivity index (χ2n) is 5.06. The van der Waals surface area contributed by atoms with Crippen molar-refractivity contribution >= 4 is 11.8 Å². The van der Waals surface area contributed by atoms with E-state index >= 15 is 0 Å². The Morgan fingerprint density at radius 3 is 2.26 bits per heavy atom. The van der Waals surface area contributed by atoms with Gasteiger partial charge in [-0.1, -0.05) is 60.7 Å². The fourth-order valence-electron chi connectivity index (χ4n) is 2.22. The van der Waals surface area contributed by atoms with E-state index in [1.54, 1.807) is 11.8 Å². The van der Waals surface area contributed by atoms with Crippen LogP contribution in [-0.2, 0) is 5.75 Å². The summed E-state index contributed by atoms with van der Waals surface area (Å²) in [6, 6.07) is 22.3. The first-order valence-electron chi connectivity index (χ1n) is 7.29. The summed E-state index contributed by atoms with van der Waals surface area (Å²) in [4.78, 5) is 9.10. The number of aryl methyl sites for hydroxylation is 1. The van der Waals surface area contributed by atoms with E-state index in [0.29, 0.717) is 11.4 Å². The normalized spacial score (nSPS) is 10.3. The molecule has 0 saturated carbocycles. The number of nitriles is 1. The van der Waals surface area contributed by atoms with E-state index < -0.39 is 0 Å². The minimum atomic E-state index is 0.561. The van der Waals surface area contributed by atoms with Gasteiger partial charge < -0.3 is 0 Å². The second-order valence-corrected chi connectivity index (χ2v) is 6.03. The predicted octanol–water partition coefficient (Wildman–Crippen LogP) is 4.62. The molecule has 4 heteroatoms. The highest BCUT2D eigenvalue weighted by Gasteiger charge is 2.13. The predicted molar refractivity (Wildman–Crippen MR) is 92.9 cm³/mol. The Kier molecular flexibility index (Phi) is 4.70. The van der Waals surface area contributed by atoms with E-state index in [2.05, 4.69) is 28.2 Å². The summed E-state index contributed by atoms with van der Waals surface area (Å²) in [7, 11) is 0. The molecule has 2 aromatic carbocycles. The van der Waals surface area contributed by atoms with Gasteiger partial charge in [0.15, 0.2) is 5.82 Å². The maximum absolute atomic E-state index is 9.41. The van der Waals surface area contributed by atoms with Crippen molar-refractivity contribution in [3.63, 3.8) is 0 Å². The van der Waals surface area contributed by atoms with Gasteiger partial charge in [-0.25, -0.2) is 9.97 Å². The molecule has 0 radical (unpaired) electrons. The zero-order chi connectivity index (χ0) is 16.1. The van der Waals surface area contributed by atoms with Crippen molar-refractivity contribution in [1.82, 2.24) is 9.97 Å². The van der Waals surface area contributed by atoms with E-state index in [9.17, 15) is 5.26 Å². The fourth-order valence-corrected chi connectivity index (χ4v) is 3.21. The topological polar surface area (TPSA) is 49.6 Å². The van der Waals surface area contributed by atoms with Crippen LogP contribution in [-0.4, -0.2) is 9.97 Å². The van der Waals surface area contributed by atoms with Crippen molar-refractivity contribution in [2.24, 2.45) is 0 Å². The number of aromatic nitrogens is 2. The zero-order valence-electron chi connectivity index (χ0n) is 12.7. The number of nitrogens with zero attached hydrogens (tertiary/aromatic N) is 3. The molecule has 23 heavy (non-hydrogen) atoms. The molecule has 0 unspecified atom stereocenters. The molecule has 3 nitrogen and oxygen atoms in total. The third kappa shape index (κ3) is 3.58. The summed E-state index contributed by atoms with van der Waals surface area (Å²) in [5, 5.41) is 10.2. The molecule has 0 amide bonds. The highest BCUT2D eigenvalue weighted by Crippen LogP contribution is 2.28. The van der Waals surface area contributed by atoms with Gasteiger partial charge in [-0.15, -0.1) is 11.8 Å². The van der Waals surface area contributed by atoms with Gasteiger partial charge >= 0.3 is 0 Å². The first-order valence-corrected chi connectivity index (χ1v) is 8.27. The molecule has 0 aliphatic rings. The molecular weight excluding hydrogens is 302 g/mol. The summed E-state index contributed by atoms with van der Waals surface area (Å²) >= 11 is 1.57. The molecule has 1 heterocycles. The van der Waals surface area contributed by atoms with Crippen molar-refractivity contribution in [1.29, 1.82) is 5.26 Å². The van der Waals surface area contributed by atoms with Gasteiger partial charge in [0.05, 0.1) is 5.69 Å². The van der Waals surface area contributed by atoms with E-state index in [4.69, 9.17) is 0 Å². The maximum Gasteiger partial charge on any atom is 0.160 e. The quantitative estimate of drug-likeness (QED) is 0.520. The van der Waals surface area contributed by atoms with Gasteiger partial charge in [-0.3, -0.25) is 0 Å². The number of benzene rings is 2. The molecule has 0 aliphatic heterocycles. The molecule has 3 rings (SSSR count). The Hall–Kier alpha value is -2.64. The molecule has 1 aromatic heterocycles. The first kappa shape index (κ1) is 15.3. The van der Waals surface area contributed by atoms with Crippen LogP contribution in [0.1, 0.15) is 16.8 Å². The van der Waals surface area contributed by atoms with Gasteiger partial charge in [0.1, 0.15) is 16.7 Å². The lowest BCUT2D eigenvalue weighted by Gasteiger charge is -2.09. The number of hydrogen-bond donors (Lipinski definition) is 0. The lowest BCUT2D eigenvalue weighted by atomic mass is 10.2. The van der Waals surface area contributed by atoms with Crippen LogP contribution in [0.25, 0.3) is 11.4 Å². The maximum atomic E-state index is 9.41. The molecule has 0 N–H and O–H groups in total. The molecule has 0 spiro atoms. The number of hydrogen-bond acceptors (Lipinski definition) is 4. The van der Waals surface area contributed by atoms with Crippen LogP contribution in [0, 0.1) is 18.3 Å². The van der Waals surface area contributed by atoms with Crippen LogP contribution < -0.4 is 0 Å². The second kappa shape index (κ2) is 7.08. The molecule has 0 fully saturated rings. The highest BCUT2D eigenvalue weighted by atomic mass is 32.2. The Morgan fingerprint density at radius 1 is 0.957 bits per heavy atom. The van der Waals surface area contributed by atoms with E-state index in [-0.39, 0.29) is 0 Å². The van der Waals surface area contributed by atoms with Crippen molar-refractivity contribution in [2.75, 3.05) is 0 Å². The Morgan fingerprint density at radius 2 is 1.61 bits per heavy atom. The highest BCUT2D eigenvalue weighted by molar-refractivity contribution is 7.98. The summed E-state index contributed by atoms with van der Waals surface area (Å²) < 4.78 is 0. The molecule has 3 aromatic rings. The SMILES string of the molecule is Cc1nc(-c2ccccc2)nc(SCc2ccccc2)c1C#N. The van der Waals surface area contributed by atoms with Crippen LogP contribution in [0.2, 0.25) is 0 Å². The fraction of sp³-hybridized carbons (Fsp3) is 0.105. The van der Waals surface area contributed by atoms with Crippen LogP contribution in [0.4, 0.5) is 0 Å². The lowest BCUT2D eigenvalue weighted by Crippen LogP contribution is -1.99. The standard InChI is InChI=1S/C19H15N3S/c1-14-17(12-20)19(23-13-15-8-4-2-5-9-15)22-18(21-14)16-10-6-3-7-11-16/h2-11H,13H2,1H3. The van der Waals surface area contributed by atoms with Crippen molar-refractivity contribution in [3.8, 4) is 17.5 Å². The van der Waals surface area contributed by atoms with Gasteiger partial charge in [0.2, 0.25) is 0 Å². The van der Waals surface area contributed by atoms with Crippen LogP contribution >= 0.6 is 11.8 Å². The Balaban J connectivity index is 1.94. The molecular formula is C19H15N3S. The van der Waals surface area contributed by atoms with Gasteiger partial charge in [-0.2, -0.15) is 5.26 Å². The summed E-state index contributed by atoms with van der Waals surface area (Å²) in [6.45, 7) is 1.86. The molecule has 0 aliphatic carbocycles. The average Bonchev–Trinajstić information content (AvgIpc) is 2.61. The van der Waals surface area contributed by atoms with Crippen LogP contribution in [0.3, 0.4) is 0 Å². The summed E-state index contributed by atoms with van der Waals surface area (Å²) in [5.74, 6) is 1.44. The Labute approximate surface area is 140 Å². The average molecular weight is 317 g/mol. The monoisotopic (exact) mass is 317 g/mol. The van der Waals surface area contributed by atoms with E-state index in [1.807, 2.05) is 55.5 Å². The van der Waals surface area contributed by atoms with E-state index in [0.717, 1.165) is 22.0 Å². The summed E-state index contributed by atoms with van der Waals surface area (Å²) in [6.07, 6.45) is 0. The largest absolute Gasteiger partial charge is 0.232 e. The zero-order valence-corrected chi connectivity index (χ0v) is 13.5. The third-order valence-corrected chi connectivity index (χ3v) is 4.47. The molecule has 112 valence electrons. The molecule has 0 bridgehead atoms. The smallest absolute Gasteiger partial charge is 0.160 e. The van der Waals surface area contributed by atoms with Crippen molar-refractivity contribution in [2.45, 2.75) is 17.7 Å². The molecule has 0 saturated heterocycles. The van der Waals surface area contributed by atoms with Gasteiger partial charge in [0, 0.05) is 11.3 Å². The van der Waals surface area contributed by atoms with Crippen molar-refractivity contribution < 1.29 is 0 Å². The minimum Gasteiger partial charge on any atom is -0.232 e. The van der Waals surface area contributed by atoms with Crippen LogP contribution in [0.5, 0.6) is 0 Å². The number of thioether (sulfide) groups is 1. The summed E-state index contributed by atoms with van der Waals surface area (Å²) in [5.41, 5.74) is 3.45. The first-order chi connectivity index (χ1) is 11.3. The number of rotatable bonds is 4. The van der Waals surface area contributed by atoms with Crippen LogP contribution in [0.15, 0.2) is 65.7 Å². The van der Waals surface area contributed by atoms with E-state index in [1.165, 1.54) is 5.56 Å². The third-order valence-electron chi connectivity index (χ3n) is 3.42. The van der Waals surface area contributed by atoms with Gasteiger partial charge in [0.25, 0.3) is 0 Å². The van der Waals surface area contributed by atoms with Gasteiger partial charge in [-0.05, 0) is 12.5 Å².